The number of halogens is 3. The lowest BCUT2D eigenvalue weighted by atomic mass is 10.1. The predicted molar refractivity (Wildman–Crippen MR) is 132 cm³/mol. The molecule has 0 spiro atoms. The van der Waals surface area contributed by atoms with E-state index in [4.69, 9.17) is 27.6 Å². The molecule has 3 rings (SSSR count). The fourth-order valence-electron chi connectivity index (χ4n) is 2.75. The molecule has 0 fully saturated rings. The third kappa shape index (κ3) is 7.48. The molecule has 0 unspecified atom stereocenters. The largest absolute Gasteiger partial charge is 0.461 e. The highest BCUT2D eigenvalue weighted by Gasteiger charge is 2.08. The van der Waals surface area contributed by atoms with Crippen LogP contribution in [0.3, 0.4) is 0 Å². The standard InChI is InChI=1S/C20H24Cl2N6O.HI/c1-2-23-20(24-10-3-5-14-7-8-15(21)13-16(14)22)25-11-9-18-26-19(28-27-18)17-6-4-12-29-17;/h4,6-8,12-13H,2-3,5,9-11H2,1H3,(H2,23,24,25)(H,26,27,28);1H. The lowest BCUT2D eigenvalue weighted by molar-refractivity contribution is 0.577. The molecule has 0 radical (unpaired) electrons. The Morgan fingerprint density at radius 3 is 2.80 bits per heavy atom. The first-order chi connectivity index (χ1) is 14.2. The smallest absolute Gasteiger partial charge is 0.216 e. The number of guanidine groups is 1. The zero-order valence-electron chi connectivity index (χ0n) is 16.6. The molecule has 0 saturated carbocycles. The predicted octanol–water partition coefficient (Wildman–Crippen LogP) is 4.72. The zero-order valence-corrected chi connectivity index (χ0v) is 20.5. The van der Waals surface area contributed by atoms with E-state index in [1.807, 2.05) is 31.2 Å². The SMILES string of the molecule is CCNC(=NCCCc1ccc(Cl)cc1Cl)NCCc1nc(-c2ccco2)n[nH]1.I. The fraction of sp³-hybridized carbons (Fsp3) is 0.350. The lowest BCUT2D eigenvalue weighted by Gasteiger charge is -2.10. The van der Waals surface area contributed by atoms with E-state index in [0.29, 0.717) is 41.1 Å². The van der Waals surface area contributed by atoms with Crippen molar-refractivity contribution in [2.24, 2.45) is 4.99 Å². The average molecular weight is 563 g/mol. The Hall–Kier alpha value is -1.78. The van der Waals surface area contributed by atoms with Crippen molar-refractivity contribution in [1.82, 2.24) is 25.8 Å². The molecule has 3 N–H and O–H groups in total. The number of aliphatic imine (C=N–C) groups is 1. The van der Waals surface area contributed by atoms with E-state index in [-0.39, 0.29) is 24.0 Å². The number of hydrogen-bond donors (Lipinski definition) is 3. The summed E-state index contributed by atoms with van der Waals surface area (Å²) in [5.74, 6) is 2.78. The van der Waals surface area contributed by atoms with Gasteiger partial charge in [-0.2, -0.15) is 5.10 Å². The minimum Gasteiger partial charge on any atom is -0.461 e. The summed E-state index contributed by atoms with van der Waals surface area (Å²) < 4.78 is 5.30. The maximum Gasteiger partial charge on any atom is 0.216 e. The average Bonchev–Trinajstić information content (AvgIpc) is 3.38. The first-order valence-electron chi connectivity index (χ1n) is 9.57. The van der Waals surface area contributed by atoms with Gasteiger partial charge in [0.15, 0.2) is 11.7 Å². The van der Waals surface area contributed by atoms with Gasteiger partial charge < -0.3 is 15.1 Å². The van der Waals surface area contributed by atoms with Crippen LogP contribution in [0.15, 0.2) is 46.0 Å². The van der Waals surface area contributed by atoms with Crippen LogP contribution in [0.2, 0.25) is 10.0 Å². The molecule has 0 aliphatic carbocycles. The highest BCUT2D eigenvalue weighted by atomic mass is 127. The van der Waals surface area contributed by atoms with Gasteiger partial charge in [-0.15, -0.1) is 24.0 Å². The van der Waals surface area contributed by atoms with Crippen LogP contribution >= 0.6 is 47.2 Å². The number of aromatic amines is 1. The number of nitrogens with one attached hydrogen (secondary N) is 3. The van der Waals surface area contributed by atoms with Gasteiger partial charge in [0.25, 0.3) is 0 Å². The van der Waals surface area contributed by atoms with Crippen molar-refractivity contribution in [2.45, 2.75) is 26.2 Å². The van der Waals surface area contributed by atoms with Gasteiger partial charge in [-0.05, 0) is 49.6 Å². The molecule has 2 aromatic heterocycles. The molecule has 2 heterocycles. The highest BCUT2D eigenvalue weighted by molar-refractivity contribution is 14.0. The third-order valence-corrected chi connectivity index (χ3v) is 4.75. The molecule has 0 aliphatic heterocycles. The van der Waals surface area contributed by atoms with Crippen molar-refractivity contribution in [3.63, 3.8) is 0 Å². The van der Waals surface area contributed by atoms with E-state index < -0.39 is 0 Å². The number of H-pyrrole nitrogens is 1. The Morgan fingerprint density at radius 1 is 1.20 bits per heavy atom. The highest BCUT2D eigenvalue weighted by Crippen LogP contribution is 2.22. The molecular weight excluding hydrogens is 538 g/mol. The van der Waals surface area contributed by atoms with Crippen molar-refractivity contribution in [3.8, 4) is 11.6 Å². The number of benzene rings is 1. The monoisotopic (exact) mass is 562 g/mol. The van der Waals surface area contributed by atoms with Crippen molar-refractivity contribution in [3.05, 3.63) is 58.0 Å². The van der Waals surface area contributed by atoms with Gasteiger partial charge in [-0.1, -0.05) is 29.3 Å². The summed E-state index contributed by atoms with van der Waals surface area (Å²) >= 11 is 12.2. The Kier molecular flexibility index (Phi) is 10.5. The summed E-state index contributed by atoms with van der Waals surface area (Å²) in [6.07, 6.45) is 4.05. The first-order valence-corrected chi connectivity index (χ1v) is 10.3. The summed E-state index contributed by atoms with van der Waals surface area (Å²) in [5, 5.41) is 15.0. The van der Waals surface area contributed by atoms with E-state index >= 15 is 0 Å². The number of aryl methyl sites for hydroxylation is 1. The summed E-state index contributed by atoms with van der Waals surface area (Å²) in [6, 6.07) is 9.24. The quantitative estimate of drug-likeness (QED) is 0.152. The normalized spacial score (nSPS) is 11.2. The van der Waals surface area contributed by atoms with Gasteiger partial charge in [-0.25, -0.2) is 4.98 Å². The minimum absolute atomic E-state index is 0. The second-order valence-electron chi connectivity index (χ2n) is 6.36. The van der Waals surface area contributed by atoms with Crippen LogP contribution in [-0.2, 0) is 12.8 Å². The lowest BCUT2D eigenvalue weighted by Crippen LogP contribution is -2.38. The van der Waals surface area contributed by atoms with E-state index in [0.717, 1.165) is 36.7 Å². The second-order valence-corrected chi connectivity index (χ2v) is 7.20. The molecule has 0 atom stereocenters. The van der Waals surface area contributed by atoms with Gasteiger partial charge in [-0.3, -0.25) is 10.1 Å². The third-order valence-electron chi connectivity index (χ3n) is 4.16. The Balaban J connectivity index is 0.00000320. The maximum atomic E-state index is 6.22. The first kappa shape index (κ1) is 24.5. The number of furan rings is 1. The molecular formula is C20H25Cl2IN6O. The van der Waals surface area contributed by atoms with E-state index in [1.165, 1.54) is 0 Å². The molecule has 10 heteroatoms. The van der Waals surface area contributed by atoms with Gasteiger partial charge in [0.2, 0.25) is 5.82 Å². The van der Waals surface area contributed by atoms with Crippen molar-refractivity contribution in [2.75, 3.05) is 19.6 Å². The fourth-order valence-corrected chi connectivity index (χ4v) is 3.25. The van der Waals surface area contributed by atoms with Crippen molar-refractivity contribution in [1.29, 1.82) is 0 Å². The molecule has 162 valence electrons. The summed E-state index contributed by atoms with van der Waals surface area (Å²) in [6.45, 7) is 4.21. The van der Waals surface area contributed by atoms with Crippen LogP contribution in [0, 0.1) is 0 Å². The van der Waals surface area contributed by atoms with E-state index in [2.05, 4.69) is 30.8 Å². The number of aromatic nitrogens is 3. The van der Waals surface area contributed by atoms with Crippen molar-refractivity contribution < 1.29 is 4.42 Å². The molecule has 0 amide bonds. The van der Waals surface area contributed by atoms with E-state index in [9.17, 15) is 0 Å². The molecule has 7 nitrogen and oxygen atoms in total. The van der Waals surface area contributed by atoms with Gasteiger partial charge in [0, 0.05) is 36.1 Å². The summed E-state index contributed by atoms with van der Waals surface area (Å²) in [7, 11) is 0. The Bertz CT molecular complexity index is 929. The summed E-state index contributed by atoms with van der Waals surface area (Å²) in [5.41, 5.74) is 1.09. The van der Waals surface area contributed by atoms with Crippen LogP contribution in [0.4, 0.5) is 0 Å². The van der Waals surface area contributed by atoms with Gasteiger partial charge >= 0.3 is 0 Å². The maximum absolute atomic E-state index is 6.22. The second kappa shape index (κ2) is 12.8. The van der Waals surface area contributed by atoms with E-state index in [1.54, 1.807) is 12.3 Å². The van der Waals surface area contributed by atoms with Crippen LogP contribution in [0.5, 0.6) is 0 Å². The van der Waals surface area contributed by atoms with Crippen LogP contribution in [-0.4, -0.2) is 40.8 Å². The molecule has 30 heavy (non-hydrogen) atoms. The minimum atomic E-state index is 0. The molecule has 1 aromatic carbocycles. The number of rotatable bonds is 9. The number of hydrogen-bond acceptors (Lipinski definition) is 4. The van der Waals surface area contributed by atoms with Crippen molar-refractivity contribution >= 4 is 53.1 Å². The molecule has 3 aromatic rings. The molecule has 0 saturated heterocycles. The van der Waals surface area contributed by atoms with Gasteiger partial charge in [0.1, 0.15) is 5.82 Å². The van der Waals surface area contributed by atoms with Crippen LogP contribution < -0.4 is 10.6 Å². The topological polar surface area (TPSA) is 91.1 Å². The summed E-state index contributed by atoms with van der Waals surface area (Å²) in [4.78, 5) is 9.05. The molecule has 0 aliphatic rings. The Labute approximate surface area is 203 Å². The van der Waals surface area contributed by atoms with Crippen LogP contribution in [0.25, 0.3) is 11.6 Å². The Morgan fingerprint density at radius 2 is 2.07 bits per heavy atom. The van der Waals surface area contributed by atoms with Gasteiger partial charge in [0.05, 0.1) is 6.26 Å². The number of nitrogens with zero attached hydrogens (tertiary/aromatic N) is 3. The van der Waals surface area contributed by atoms with Crippen LogP contribution in [0.1, 0.15) is 24.7 Å². The molecule has 0 bridgehead atoms. The zero-order chi connectivity index (χ0) is 20.5.